The summed E-state index contributed by atoms with van der Waals surface area (Å²) in [5.74, 6) is 0.970. The number of likely N-dealkylation sites (tertiary alicyclic amines) is 1. The van der Waals surface area contributed by atoms with E-state index in [1.54, 1.807) is 0 Å². The second-order valence-corrected chi connectivity index (χ2v) is 7.04. The maximum Gasteiger partial charge on any atom is 0.104 e. The summed E-state index contributed by atoms with van der Waals surface area (Å²) in [6.45, 7) is 8.07. The van der Waals surface area contributed by atoms with E-state index in [2.05, 4.69) is 30.1 Å². The first kappa shape index (κ1) is 15.8. The maximum atomic E-state index is 9.37. The largest absolute Gasteiger partial charge is 0.303 e. The van der Waals surface area contributed by atoms with Crippen molar-refractivity contribution in [1.29, 1.82) is 5.26 Å². The Labute approximate surface area is 124 Å². The lowest BCUT2D eigenvalue weighted by atomic mass is 9.92. The minimum absolute atomic E-state index is 0.304. The topological polar surface area (TPSA) is 39.1 Å². The highest BCUT2D eigenvalue weighted by molar-refractivity contribution is 5.07. The number of nitrogens with zero attached hydrogens (tertiary/aromatic N) is 2. The molecule has 0 radical (unpaired) electrons. The van der Waals surface area contributed by atoms with Crippen LogP contribution in [0.25, 0.3) is 0 Å². The number of hydrogen-bond donors (Lipinski definition) is 1. The minimum Gasteiger partial charge on any atom is -0.303 e. The molecule has 114 valence electrons. The Balaban J connectivity index is 1.62. The third-order valence-electron chi connectivity index (χ3n) is 4.90. The van der Waals surface area contributed by atoms with Crippen molar-refractivity contribution in [2.24, 2.45) is 5.92 Å². The van der Waals surface area contributed by atoms with Gasteiger partial charge in [-0.15, -0.1) is 0 Å². The molecule has 3 nitrogen and oxygen atoms in total. The van der Waals surface area contributed by atoms with Crippen molar-refractivity contribution in [2.75, 3.05) is 19.6 Å². The van der Waals surface area contributed by atoms with Crippen LogP contribution in [-0.4, -0.2) is 36.1 Å². The van der Waals surface area contributed by atoms with Crippen LogP contribution < -0.4 is 5.32 Å². The van der Waals surface area contributed by atoms with Crippen LogP contribution in [-0.2, 0) is 0 Å². The summed E-state index contributed by atoms with van der Waals surface area (Å²) in [6, 6.07) is 3.10. The van der Waals surface area contributed by atoms with Crippen molar-refractivity contribution in [3.8, 4) is 6.07 Å². The van der Waals surface area contributed by atoms with Crippen LogP contribution in [0.3, 0.4) is 0 Å². The first-order chi connectivity index (χ1) is 9.65. The Morgan fingerprint density at radius 2 is 1.95 bits per heavy atom. The standard InChI is InChI=1S/C17H31N3/c1-3-5-15-8-12-20(13-9-15)11-4-10-17(2,14-18)19-16-6-7-16/h15-16,19H,3-13H2,1-2H3. The molecule has 0 amide bonds. The van der Waals surface area contributed by atoms with E-state index in [0.29, 0.717) is 6.04 Å². The van der Waals surface area contributed by atoms with E-state index in [4.69, 9.17) is 0 Å². The molecule has 1 aliphatic heterocycles. The van der Waals surface area contributed by atoms with Gasteiger partial charge in [0.1, 0.15) is 5.54 Å². The van der Waals surface area contributed by atoms with E-state index < -0.39 is 0 Å². The molecule has 1 saturated heterocycles. The van der Waals surface area contributed by atoms with Crippen molar-refractivity contribution in [2.45, 2.75) is 76.8 Å². The molecule has 0 aromatic rings. The van der Waals surface area contributed by atoms with Crippen LogP contribution >= 0.6 is 0 Å². The van der Waals surface area contributed by atoms with Gasteiger partial charge in [-0.1, -0.05) is 19.8 Å². The van der Waals surface area contributed by atoms with Crippen molar-refractivity contribution in [3.63, 3.8) is 0 Å². The van der Waals surface area contributed by atoms with Crippen LogP contribution in [0.1, 0.15) is 65.2 Å². The molecule has 0 aromatic carbocycles. The molecule has 3 heteroatoms. The summed E-state index contributed by atoms with van der Waals surface area (Å²) in [5, 5.41) is 12.9. The van der Waals surface area contributed by atoms with E-state index >= 15 is 0 Å². The molecule has 2 fully saturated rings. The average molecular weight is 277 g/mol. The van der Waals surface area contributed by atoms with Crippen molar-refractivity contribution in [3.05, 3.63) is 0 Å². The first-order valence-corrected chi connectivity index (χ1v) is 8.56. The van der Waals surface area contributed by atoms with E-state index in [1.807, 2.05) is 0 Å². The predicted molar refractivity (Wildman–Crippen MR) is 83.5 cm³/mol. The van der Waals surface area contributed by atoms with Crippen molar-refractivity contribution in [1.82, 2.24) is 10.2 Å². The van der Waals surface area contributed by atoms with E-state index in [0.717, 1.165) is 18.8 Å². The van der Waals surface area contributed by atoms with Gasteiger partial charge < -0.3 is 4.90 Å². The van der Waals surface area contributed by atoms with Gasteiger partial charge in [0.2, 0.25) is 0 Å². The SMILES string of the molecule is CCCC1CCN(CCCC(C)(C#N)NC2CC2)CC1. The molecule has 0 aromatic heterocycles. The quantitative estimate of drug-likeness (QED) is 0.740. The smallest absolute Gasteiger partial charge is 0.104 e. The van der Waals surface area contributed by atoms with Crippen LogP contribution in [0.4, 0.5) is 0 Å². The Hall–Kier alpha value is -0.590. The highest BCUT2D eigenvalue weighted by atomic mass is 15.1. The average Bonchev–Trinajstić information content (AvgIpc) is 3.25. The number of nitrogens with one attached hydrogen (secondary N) is 1. The molecule has 1 saturated carbocycles. The van der Waals surface area contributed by atoms with Gasteiger partial charge in [-0.25, -0.2) is 0 Å². The van der Waals surface area contributed by atoms with Crippen LogP contribution in [0.5, 0.6) is 0 Å². The zero-order valence-electron chi connectivity index (χ0n) is 13.3. The summed E-state index contributed by atoms with van der Waals surface area (Å²) in [4.78, 5) is 2.60. The molecule has 1 atom stereocenters. The lowest BCUT2D eigenvalue weighted by Gasteiger charge is -2.32. The van der Waals surface area contributed by atoms with Gasteiger partial charge in [0, 0.05) is 6.04 Å². The van der Waals surface area contributed by atoms with Crippen molar-refractivity contribution >= 4 is 0 Å². The fraction of sp³-hybridized carbons (Fsp3) is 0.941. The van der Waals surface area contributed by atoms with E-state index in [-0.39, 0.29) is 5.54 Å². The van der Waals surface area contributed by atoms with Crippen LogP contribution in [0, 0.1) is 17.2 Å². The molecule has 0 spiro atoms. The van der Waals surface area contributed by atoms with Gasteiger partial charge in [-0.2, -0.15) is 5.26 Å². The van der Waals surface area contributed by atoms with E-state index in [9.17, 15) is 5.26 Å². The molecule has 1 heterocycles. The molecule has 20 heavy (non-hydrogen) atoms. The Morgan fingerprint density at radius 1 is 1.25 bits per heavy atom. The zero-order chi connectivity index (χ0) is 14.4. The van der Waals surface area contributed by atoms with E-state index in [1.165, 1.54) is 58.2 Å². The number of nitriles is 1. The van der Waals surface area contributed by atoms with Gasteiger partial charge in [-0.3, -0.25) is 5.32 Å². The first-order valence-electron chi connectivity index (χ1n) is 8.56. The molecular weight excluding hydrogens is 246 g/mol. The van der Waals surface area contributed by atoms with Gasteiger partial charge in [0.15, 0.2) is 0 Å². The second-order valence-electron chi connectivity index (χ2n) is 7.04. The Kier molecular flexibility index (Phi) is 5.86. The molecule has 2 aliphatic rings. The molecule has 1 aliphatic carbocycles. The normalized spacial score (nSPS) is 24.2. The van der Waals surface area contributed by atoms with Crippen LogP contribution in [0.15, 0.2) is 0 Å². The minimum atomic E-state index is -0.304. The Morgan fingerprint density at radius 3 is 2.50 bits per heavy atom. The highest BCUT2D eigenvalue weighted by Gasteiger charge is 2.32. The summed E-state index contributed by atoms with van der Waals surface area (Å²) < 4.78 is 0. The summed E-state index contributed by atoms with van der Waals surface area (Å²) >= 11 is 0. The zero-order valence-corrected chi connectivity index (χ0v) is 13.3. The number of piperidine rings is 1. The fourth-order valence-corrected chi connectivity index (χ4v) is 3.40. The van der Waals surface area contributed by atoms with Gasteiger partial charge >= 0.3 is 0 Å². The monoisotopic (exact) mass is 277 g/mol. The third-order valence-corrected chi connectivity index (χ3v) is 4.90. The fourth-order valence-electron chi connectivity index (χ4n) is 3.40. The molecule has 2 rings (SSSR count). The second kappa shape index (κ2) is 7.43. The van der Waals surface area contributed by atoms with Crippen LogP contribution in [0.2, 0.25) is 0 Å². The van der Waals surface area contributed by atoms with Gasteiger partial charge in [0.25, 0.3) is 0 Å². The molecule has 0 bridgehead atoms. The number of hydrogen-bond acceptors (Lipinski definition) is 3. The van der Waals surface area contributed by atoms with Crippen molar-refractivity contribution < 1.29 is 0 Å². The lowest BCUT2D eigenvalue weighted by molar-refractivity contribution is 0.172. The van der Waals surface area contributed by atoms with Gasteiger partial charge in [-0.05, 0) is 71.0 Å². The summed E-state index contributed by atoms with van der Waals surface area (Å²) in [5.41, 5.74) is -0.304. The molecule has 1 N–H and O–H groups in total. The molecular formula is C17H31N3. The maximum absolute atomic E-state index is 9.37. The Bertz CT molecular complexity index is 324. The number of rotatable bonds is 8. The highest BCUT2D eigenvalue weighted by Crippen LogP contribution is 2.25. The molecule has 1 unspecified atom stereocenters. The summed E-state index contributed by atoms with van der Waals surface area (Å²) in [7, 11) is 0. The lowest BCUT2D eigenvalue weighted by Crippen LogP contribution is -2.43. The summed E-state index contributed by atoms with van der Waals surface area (Å²) in [6.07, 6.45) is 10.1. The predicted octanol–water partition coefficient (Wildman–Crippen LogP) is 3.31. The van der Waals surface area contributed by atoms with Gasteiger partial charge in [0.05, 0.1) is 6.07 Å². The third kappa shape index (κ3) is 5.07.